The third kappa shape index (κ3) is 4.57. The highest BCUT2D eigenvalue weighted by Crippen LogP contribution is 2.22. The Hall–Kier alpha value is -1.84. The van der Waals surface area contributed by atoms with Crippen LogP contribution >= 0.6 is 0 Å². The highest BCUT2D eigenvalue weighted by atomic mass is 16.5. The van der Waals surface area contributed by atoms with E-state index in [1.165, 1.54) is 6.92 Å². The number of carbonyl (C=O) groups excluding carboxylic acids is 2. The number of ketones is 1. The van der Waals surface area contributed by atoms with Gasteiger partial charge in [0, 0.05) is 19.0 Å². The van der Waals surface area contributed by atoms with Crippen LogP contribution in [-0.2, 0) is 16.1 Å². The van der Waals surface area contributed by atoms with Gasteiger partial charge in [-0.2, -0.15) is 0 Å². The lowest BCUT2D eigenvalue weighted by molar-refractivity contribution is -0.136. The Kier molecular flexibility index (Phi) is 4.48. The molecule has 0 saturated heterocycles. The molecule has 0 fully saturated rings. The van der Waals surface area contributed by atoms with Crippen LogP contribution in [-0.4, -0.2) is 17.3 Å². The molecule has 1 amide bonds. The standard InChI is InChI=1S/C14H19NO3/c1-10(16)13(17)15-9-11-7-5-6-8-12(11)18-14(2,3)4/h5-8H,9H2,1-4H3,(H,15,17). The van der Waals surface area contributed by atoms with E-state index in [1.807, 2.05) is 45.0 Å². The van der Waals surface area contributed by atoms with Gasteiger partial charge in [0.2, 0.25) is 5.78 Å². The molecule has 0 unspecified atom stereocenters. The van der Waals surface area contributed by atoms with Crippen LogP contribution in [0.1, 0.15) is 33.3 Å². The van der Waals surface area contributed by atoms with Crippen molar-refractivity contribution in [3.05, 3.63) is 29.8 Å². The van der Waals surface area contributed by atoms with Gasteiger partial charge in [-0.3, -0.25) is 9.59 Å². The molecule has 98 valence electrons. The number of rotatable bonds is 4. The average molecular weight is 249 g/mol. The minimum Gasteiger partial charge on any atom is -0.488 e. The highest BCUT2D eigenvalue weighted by Gasteiger charge is 2.15. The van der Waals surface area contributed by atoms with E-state index >= 15 is 0 Å². The molecule has 18 heavy (non-hydrogen) atoms. The molecule has 4 nitrogen and oxygen atoms in total. The molecule has 0 bridgehead atoms. The summed E-state index contributed by atoms with van der Waals surface area (Å²) >= 11 is 0. The molecular formula is C14H19NO3. The molecular weight excluding hydrogens is 230 g/mol. The molecule has 0 aromatic heterocycles. The third-order valence-corrected chi connectivity index (χ3v) is 2.15. The maximum absolute atomic E-state index is 11.2. The smallest absolute Gasteiger partial charge is 0.287 e. The number of nitrogens with one attached hydrogen (secondary N) is 1. The van der Waals surface area contributed by atoms with Crippen molar-refractivity contribution in [3.8, 4) is 5.75 Å². The second kappa shape index (κ2) is 5.67. The zero-order valence-electron chi connectivity index (χ0n) is 11.2. The zero-order chi connectivity index (χ0) is 13.8. The van der Waals surface area contributed by atoms with Crippen molar-refractivity contribution in [2.24, 2.45) is 0 Å². The Morgan fingerprint density at radius 2 is 1.83 bits per heavy atom. The Balaban J connectivity index is 2.77. The van der Waals surface area contributed by atoms with Crippen molar-refractivity contribution < 1.29 is 14.3 Å². The summed E-state index contributed by atoms with van der Waals surface area (Å²) in [4.78, 5) is 22.0. The van der Waals surface area contributed by atoms with E-state index in [4.69, 9.17) is 4.74 Å². The van der Waals surface area contributed by atoms with Crippen LogP contribution < -0.4 is 10.1 Å². The van der Waals surface area contributed by atoms with Crippen LogP contribution in [0.3, 0.4) is 0 Å². The summed E-state index contributed by atoms with van der Waals surface area (Å²) in [6.45, 7) is 7.39. The summed E-state index contributed by atoms with van der Waals surface area (Å²) in [5.74, 6) is -0.362. The molecule has 1 rings (SSSR count). The topological polar surface area (TPSA) is 55.4 Å². The zero-order valence-corrected chi connectivity index (χ0v) is 11.2. The number of ether oxygens (including phenoxy) is 1. The van der Waals surface area contributed by atoms with Gasteiger partial charge in [0.15, 0.2) is 0 Å². The Labute approximate surface area is 107 Å². The Morgan fingerprint density at radius 3 is 2.39 bits per heavy atom. The van der Waals surface area contributed by atoms with Gasteiger partial charge in [0.25, 0.3) is 5.91 Å². The lowest BCUT2D eigenvalue weighted by Gasteiger charge is -2.23. The van der Waals surface area contributed by atoms with E-state index in [0.717, 1.165) is 5.56 Å². The summed E-state index contributed by atoms with van der Waals surface area (Å²) in [7, 11) is 0. The van der Waals surface area contributed by atoms with Crippen molar-refractivity contribution in [3.63, 3.8) is 0 Å². The maximum Gasteiger partial charge on any atom is 0.287 e. The van der Waals surface area contributed by atoms with Crippen LogP contribution in [0.2, 0.25) is 0 Å². The van der Waals surface area contributed by atoms with Crippen LogP contribution in [0.25, 0.3) is 0 Å². The van der Waals surface area contributed by atoms with E-state index in [0.29, 0.717) is 5.75 Å². The number of benzene rings is 1. The summed E-state index contributed by atoms with van der Waals surface area (Å²) < 4.78 is 5.79. The molecule has 0 radical (unpaired) electrons. The molecule has 0 saturated carbocycles. The first-order valence-electron chi connectivity index (χ1n) is 5.85. The SMILES string of the molecule is CC(=O)C(=O)NCc1ccccc1OC(C)(C)C. The summed E-state index contributed by atoms with van der Waals surface area (Å²) in [6.07, 6.45) is 0. The molecule has 0 atom stereocenters. The van der Waals surface area contributed by atoms with Crippen molar-refractivity contribution in [2.75, 3.05) is 0 Å². The molecule has 0 aliphatic rings. The summed E-state index contributed by atoms with van der Waals surface area (Å²) in [5, 5.41) is 2.56. The quantitative estimate of drug-likeness (QED) is 0.831. The first kappa shape index (κ1) is 14.2. The van der Waals surface area contributed by atoms with Crippen LogP contribution in [0.4, 0.5) is 0 Å². The van der Waals surface area contributed by atoms with Gasteiger partial charge in [-0.15, -0.1) is 0 Å². The molecule has 1 aromatic rings. The number of amides is 1. The summed E-state index contributed by atoms with van der Waals surface area (Å²) in [6, 6.07) is 7.45. The van der Waals surface area contributed by atoms with Gasteiger partial charge < -0.3 is 10.1 Å². The van der Waals surface area contributed by atoms with Crippen LogP contribution in [0.5, 0.6) is 5.75 Å². The number of hydrogen-bond donors (Lipinski definition) is 1. The fourth-order valence-electron chi connectivity index (χ4n) is 1.38. The largest absolute Gasteiger partial charge is 0.488 e. The van der Waals surface area contributed by atoms with Crippen molar-refractivity contribution >= 4 is 11.7 Å². The lowest BCUT2D eigenvalue weighted by Crippen LogP contribution is -2.29. The van der Waals surface area contributed by atoms with Gasteiger partial charge in [-0.05, 0) is 26.8 Å². The minimum absolute atomic E-state index is 0.282. The molecule has 0 heterocycles. The predicted molar refractivity (Wildman–Crippen MR) is 69.4 cm³/mol. The van der Waals surface area contributed by atoms with Crippen LogP contribution in [0, 0.1) is 0 Å². The predicted octanol–water partition coefficient (Wildman–Crippen LogP) is 2.07. The monoisotopic (exact) mass is 249 g/mol. The minimum atomic E-state index is -0.583. The number of hydrogen-bond acceptors (Lipinski definition) is 3. The van der Waals surface area contributed by atoms with Crippen LogP contribution in [0.15, 0.2) is 24.3 Å². The van der Waals surface area contributed by atoms with Gasteiger partial charge in [-0.1, -0.05) is 18.2 Å². The Morgan fingerprint density at radius 1 is 1.22 bits per heavy atom. The molecule has 0 aliphatic heterocycles. The number of Topliss-reactive ketones (excluding diaryl/α,β-unsaturated/α-hetero) is 1. The molecule has 1 N–H and O–H groups in total. The highest BCUT2D eigenvalue weighted by molar-refractivity contribution is 6.35. The lowest BCUT2D eigenvalue weighted by atomic mass is 10.1. The van der Waals surface area contributed by atoms with Crippen molar-refractivity contribution in [1.29, 1.82) is 0 Å². The number of carbonyl (C=O) groups is 2. The van der Waals surface area contributed by atoms with Gasteiger partial charge in [0.05, 0.1) is 0 Å². The molecule has 0 aliphatic carbocycles. The van der Waals surface area contributed by atoms with Crippen molar-refractivity contribution in [2.45, 2.75) is 39.8 Å². The van der Waals surface area contributed by atoms with Gasteiger partial charge >= 0.3 is 0 Å². The van der Waals surface area contributed by atoms with Gasteiger partial charge in [-0.25, -0.2) is 0 Å². The van der Waals surface area contributed by atoms with E-state index in [9.17, 15) is 9.59 Å². The van der Waals surface area contributed by atoms with E-state index in [-0.39, 0.29) is 12.1 Å². The summed E-state index contributed by atoms with van der Waals surface area (Å²) in [5.41, 5.74) is 0.544. The first-order chi connectivity index (χ1) is 8.29. The number of para-hydroxylation sites is 1. The van der Waals surface area contributed by atoms with Gasteiger partial charge in [0.1, 0.15) is 11.4 Å². The fourth-order valence-corrected chi connectivity index (χ4v) is 1.38. The molecule has 1 aromatic carbocycles. The third-order valence-electron chi connectivity index (χ3n) is 2.15. The maximum atomic E-state index is 11.2. The Bertz CT molecular complexity index is 447. The fraction of sp³-hybridized carbons (Fsp3) is 0.429. The normalized spacial score (nSPS) is 10.9. The average Bonchev–Trinajstić information content (AvgIpc) is 2.25. The van der Waals surface area contributed by atoms with Crippen molar-refractivity contribution in [1.82, 2.24) is 5.32 Å². The molecule has 0 spiro atoms. The second-order valence-corrected chi connectivity index (χ2v) is 5.06. The van der Waals surface area contributed by atoms with E-state index in [2.05, 4.69) is 5.32 Å². The molecule has 4 heteroatoms. The van der Waals surface area contributed by atoms with E-state index in [1.54, 1.807) is 0 Å². The first-order valence-corrected chi connectivity index (χ1v) is 5.85. The van der Waals surface area contributed by atoms with E-state index < -0.39 is 11.7 Å². The second-order valence-electron chi connectivity index (χ2n) is 5.06.